The van der Waals surface area contributed by atoms with Crippen LogP contribution in [0.5, 0.6) is 0 Å². The second-order valence-electron chi connectivity index (χ2n) is 7.58. The first-order chi connectivity index (χ1) is 13.8. The number of hydrogen-bond donors (Lipinski definition) is 1. The molecule has 0 aliphatic carbocycles. The van der Waals surface area contributed by atoms with E-state index >= 15 is 0 Å². The number of aryl methyl sites for hydroxylation is 2. The predicted octanol–water partition coefficient (Wildman–Crippen LogP) is 3.76. The summed E-state index contributed by atoms with van der Waals surface area (Å²) in [5, 5.41) is 3.51. The minimum absolute atomic E-state index is 0.0557. The fraction of sp³-hybridized carbons (Fsp3) is 0.333. The molecular weight excluding hydrogens is 410 g/mol. The molecule has 8 heteroatoms. The second kappa shape index (κ2) is 7.46. The molecule has 1 saturated heterocycles. The van der Waals surface area contributed by atoms with E-state index in [1.54, 1.807) is 18.2 Å². The van der Waals surface area contributed by atoms with Gasteiger partial charge in [0.25, 0.3) is 10.0 Å². The number of likely N-dealkylation sites (tertiary alicyclic amines) is 1. The van der Waals surface area contributed by atoms with Gasteiger partial charge in [0, 0.05) is 24.6 Å². The summed E-state index contributed by atoms with van der Waals surface area (Å²) in [6.07, 6.45) is 1.24. The molecule has 1 N–H and O–H groups in total. The van der Waals surface area contributed by atoms with Gasteiger partial charge in [-0.3, -0.25) is 4.79 Å². The highest BCUT2D eigenvalue weighted by atomic mass is 35.5. The van der Waals surface area contributed by atoms with Gasteiger partial charge in [0.2, 0.25) is 5.91 Å². The number of amidine groups is 1. The van der Waals surface area contributed by atoms with Gasteiger partial charge < -0.3 is 10.2 Å². The van der Waals surface area contributed by atoms with Crippen molar-refractivity contribution in [2.75, 3.05) is 18.4 Å². The Bertz CT molecular complexity index is 1100. The van der Waals surface area contributed by atoms with Gasteiger partial charge in [-0.25, -0.2) is 0 Å². The molecule has 1 fully saturated rings. The first-order valence-corrected chi connectivity index (χ1v) is 11.3. The molecule has 0 atom stereocenters. The van der Waals surface area contributed by atoms with Crippen LogP contribution in [0.4, 0.5) is 5.69 Å². The van der Waals surface area contributed by atoms with Crippen molar-refractivity contribution < 1.29 is 13.2 Å². The van der Waals surface area contributed by atoms with Crippen LogP contribution < -0.4 is 5.32 Å². The Labute approximate surface area is 175 Å². The van der Waals surface area contributed by atoms with Crippen LogP contribution in [0.15, 0.2) is 45.7 Å². The van der Waals surface area contributed by atoms with E-state index < -0.39 is 10.0 Å². The van der Waals surface area contributed by atoms with Crippen LogP contribution in [0.3, 0.4) is 0 Å². The molecule has 0 saturated carbocycles. The maximum absolute atomic E-state index is 12.8. The number of piperidine rings is 1. The van der Waals surface area contributed by atoms with Crippen molar-refractivity contribution in [1.29, 1.82) is 0 Å². The molecule has 0 bridgehead atoms. The highest BCUT2D eigenvalue weighted by Gasteiger charge is 2.34. The average Bonchev–Trinajstić information content (AvgIpc) is 2.96. The highest BCUT2D eigenvalue weighted by molar-refractivity contribution is 7.90. The van der Waals surface area contributed by atoms with Crippen LogP contribution in [-0.4, -0.2) is 38.2 Å². The maximum Gasteiger partial charge on any atom is 0.285 e. The molecule has 0 spiro atoms. The molecule has 2 aromatic rings. The van der Waals surface area contributed by atoms with Crippen LogP contribution in [-0.2, 0) is 14.8 Å². The van der Waals surface area contributed by atoms with Crippen molar-refractivity contribution in [2.24, 2.45) is 10.3 Å². The lowest BCUT2D eigenvalue weighted by molar-refractivity contribution is -0.121. The summed E-state index contributed by atoms with van der Waals surface area (Å²) in [5.74, 6) is 0.272. The van der Waals surface area contributed by atoms with Crippen LogP contribution in [0.25, 0.3) is 0 Å². The topological polar surface area (TPSA) is 78.8 Å². The first-order valence-electron chi connectivity index (χ1n) is 9.53. The third-order valence-electron chi connectivity index (χ3n) is 5.46. The van der Waals surface area contributed by atoms with Gasteiger partial charge in [-0.05, 0) is 56.0 Å². The number of carbonyl (C=O) groups excluding carboxylic acids is 1. The Morgan fingerprint density at radius 3 is 2.55 bits per heavy atom. The number of fused-ring (bicyclic) bond motifs is 1. The Morgan fingerprint density at radius 1 is 1.17 bits per heavy atom. The molecular formula is C21H22ClN3O3S. The van der Waals surface area contributed by atoms with E-state index in [9.17, 15) is 13.2 Å². The van der Waals surface area contributed by atoms with Crippen molar-refractivity contribution in [3.05, 3.63) is 58.1 Å². The molecule has 0 unspecified atom stereocenters. The molecule has 2 aliphatic rings. The molecule has 152 valence electrons. The van der Waals surface area contributed by atoms with E-state index in [1.165, 1.54) is 0 Å². The number of carbonyl (C=O) groups is 1. The molecule has 1 amide bonds. The zero-order chi connectivity index (χ0) is 20.8. The summed E-state index contributed by atoms with van der Waals surface area (Å²) in [6.45, 7) is 5.03. The van der Waals surface area contributed by atoms with Gasteiger partial charge in [0.15, 0.2) is 5.84 Å². The van der Waals surface area contributed by atoms with E-state index in [4.69, 9.17) is 11.6 Å². The summed E-state index contributed by atoms with van der Waals surface area (Å²) in [5.41, 5.74) is 3.27. The summed E-state index contributed by atoms with van der Waals surface area (Å²) in [4.78, 5) is 15.0. The monoisotopic (exact) mass is 431 g/mol. The number of benzene rings is 2. The zero-order valence-electron chi connectivity index (χ0n) is 16.3. The quantitative estimate of drug-likeness (QED) is 0.785. The Kier molecular flexibility index (Phi) is 5.12. The fourth-order valence-electron chi connectivity index (χ4n) is 3.97. The number of halogens is 1. The molecule has 2 aliphatic heterocycles. The van der Waals surface area contributed by atoms with Gasteiger partial charge in [0.1, 0.15) is 4.90 Å². The van der Waals surface area contributed by atoms with Crippen molar-refractivity contribution in [1.82, 2.24) is 4.90 Å². The smallest absolute Gasteiger partial charge is 0.285 e. The van der Waals surface area contributed by atoms with E-state index in [0.717, 1.165) is 11.1 Å². The number of hydrogen-bond acceptors (Lipinski definition) is 4. The van der Waals surface area contributed by atoms with Gasteiger partial charge >= 0.3 is 0 Å². The Hall–Kier alpha value is -2.38. The summed E-state index contributed by atoms with van der Waals surface area (Å²) < 4.78 is 28.5. The normalized spacial score (nSPS) is 18.3. The lowest BCUT2D eigenvalue weighted by atomic mass is 9.95. The number of nitrogens with one attached hydrogen (secondary N) is 1. The van der Waals surface area contributed by atoms with Crippen LogP contribution >= 0.6 is 11.6 Å². The van der Waals surface area contributed by atoms with Crippen molar-refractivity contribution in [3.63, 3.8) is 0 Å². The lowest BCUT2D eigenvalue weighted by Gasteiger charge is -2.32. The number of amides is 1. The number of rotatable bonds is 2. The molecule has 0 radical (unpaired) electrons. The van der Waals surface area contributed by atoms with E-state index in [-0.39, 0.29) is 16.7 Å². The summed E-state index contributed by atoms with van der Waals surface area (Å²) >= 11 is 6.31. The third kappa shape index (κ3) is 3.76. The highest BCUT2D eigenvalue weighted by Crippen LogP contribution is 2.31. The van der Waals surface area contributed by atoms with Crippen LogP contribution in [0.1, 0.15) is 29.5 Å². The lowest BCUT2D eigenvalue weighted by Crippen LogP contribution is -2.41. The molecule has 4 rings (SSSR count). The molecule has 6 nitrogen and oxygen atoms in total. The number of anilines is 1. The van der Waals surface area contributed by atoms with Crippen LogP contribution in [0.2, 0.25) is 5.02 Å². The Morgan fingerprint density at radius 2 is 1.86 bits per heavy atom. The van der Waals surface area contributed by atoms with Crippen molar-refractivity contribution in [2.45, 2.75) is 31.6 Å². The van der Waals surface area contributed by atoms with Crippen molar-refractivity contribution in [3.8, 4) is 0 Å². The molecule has 2 heterocycles. The van der Waals surface area contributed by atoms with Gasteiger partial charge in [-0.1, -0.05) is 29.8 Å². The first kappa shape index (κ1) is 19.9. The van der Waals surface area contributed by atoms with E-state index in [0.29, 0.717) is 48.0 Å². The Balaban J connectivity index is 1.45. The standard InChI is InChI=1S/C21H22ClN3O3S/c1-13-11-14(2)19(17(22)12-13)23-21(26)15-7-9-25(10-8-15)20-16-5-3-4-6-18(16)29(27,28)24-20/h3-6,11-12,15H,7-10H2,1-2H3,(H,23,26). The fourth-order valence-corrected chi connectivity index (χ4v) is 5.57. The summed E-state index contributed by atoms with van der Waals surface area (Å²) in [6, 6.07) is 10.7. The van der Waals surface area contributed by atoms with Gasteiger partial charge in [0.05, 0.1) is 10.7 Å². The van der Waals surface area contributed by atoms with E-state index in [2.05, 4.69) is 9.71 Å². The van der Waals surface area contributed by atoms with E-state index in [1.807, 2.05) is 36.9 Å². The minimum atomic E-state index is -3.64. The SMILES string of the molecule is Cc1cc(C)c(NC(=O)C2CCN(C3=NS(=O)(=O)c4ccccc43)CC2)c(Cl)c1. The molecule has 2 aromatic carbocycles. The van der Waals surface area contributed by atoms with Crippen molar-refractivity contribution >= 4 is 39.1 Å². The number of sulfonamides is 1. The minimum Gasteiger partial charge on any atom is -0.355 e. The number of nitrogens with zero attached hydrogens (tertiary/aromatic N) is 2. The zero-order valence-corrected chi connectivity index (χ0v) is 17.8. The predicted molar refractivity (Wildman–Crippen MR) is 114 cm³/mol. The van der Waals surface area contributed by atoms with Crippen LogP contribution in [0, 0.1) is 19.8 Å². The largest absolute Gasteiger partial charge is 0.355 e. The van der Waals surface area contributed by atoms with Gasteiger partial charge in [-0.2, -0.15) is 8.42 Å². The molecule has 0 aromatic heterocycles. The second-order valence-corrected chi connectivity index (χ2v) is 9.56. The third-order valence-corrected chi connectivity index (χ3v) is 7.08. The summed E-state index contributed by atoms with van der Waals surface area (Å²) in [7, 11) is -3.64. The molecule has 29 heavy (non-hydrogen) atoms. The average molecular weight is 432 g/mol. The van der Waals surface area contributed by atoms with Gasteiger partial charge in [-0.15, -0.1) is 4.40 Å². The maximum atomic E-state index is 12.8.